The lowest BCUT2D eigenvalue weighted by molar-refractivity contribution is 0.0784. The minimum absolute atomic E-state index is 0.0672. The molecule has 0 aliphatic rings. The SMILES string of the molecule is C=CCOc1ccc(C(=O)N(C)Cc2ccccc2)cc1OC. The van der Waals surface area contributed by atoms with Gasteiger partial charge in [-0.15, -0.1) is 0 Å². The van der Waals surface area contributed by atoms with Crippen molar-refractivity contribution in [2.45, 2.75) is 6.54 Å². The van der Waals surface area contributed by atoms with Crippen molar-refractivity contribution in [3.63, 3.8) is 0 Å². The van der Waals surface area contributed by atoms with E-state index >= 15 is 0 Å². The molecule has 120 valence electrons. The topological polar surface area (TPSA) is 38.8 Å². The van der Waals surface area contributed by atoms with Crippen LogP contribution in [-0.4, -0.2) is 31.6 Å². The van der Waals surface area contributed by atoms with E-state index in [0.29, 0.717) is 30.2 Å². The van der Waals surface area contributed by atoms with Gasteiger partial charge in [-0.05, 0) is 23.8 Å². The molecule has 0 saturated carbocycles. The fourth-order valence-electron chi connectivity index (χ4n) is 2.22. The molecule has 0 unspecified atom stereocenters. The maximum atomic E-state index is 12.6. The summed E-state index contributed by atoms with van der Waals surface area (Å²) < 4.78 is 10.8. The summed E-state index contributed by atoms with van der Waals surface area (Å²) in [5.74, 6) is 1.06. The van der Waals surface area contributed by atoms with E-state index in [2.05, 4.69) is 6.58 Å². The number of benzene rings is 2. The fraction of sp³-hybridized carbons (Fsp3) is 0.211. The molecule has 0 heterocycles. The van der Waals surface area contributed by atoms with Gasteiger partial charge in [0, 0.05) is 19.2 Å². The third-order valence-corrected chi connectivity index (χ3v) is 3.38. The second kappa shape index (κ2) is 8.03. The second-order valence-electron chi connectivity index (χ2n) is 5.11. The van der Waals surface area contributed by atoms with Crippen molar-refractivity contribution in [1.29, 1.82) is 0 Å². The van der Waals surface area contributed by atoms with E-state index in [-0.39, 0.29) is 5.91 Å². The molecular weight excluding hydrogens is 290 g/mol. The van der Waals surface area contributed by atoms with Gasteiger partial charge in [-0.1, -0.05) is 43.0 Å². The van der Waals surface area contributed by atoms with E-state index in [1.807, 2.05) is 30.3 Å². The quantitative estimate of drug-likeness (QED) is 0.734. The smallest absolute Gasteiger partial charge is 0.254 e. The molecule has 0 N–H and O–H groups in total. The molecule has 4 nitrogen and oxygen atoms in total. The summed E-state index contributed by atoms with van der Waals surface area (Å²) in [5.41, 5.74) is 1.65. The summed E-state index contributed by atoms with van der Waals surface area (Å²) in [6.45, 7) is 4.55. The first-order chi connectivity index (χ1) is 11.2. The Kier molecular flexibility index (Phi) is 5.80. The van der Waals surface area contributed by atoms with E-state index in [9.17, 15) is 4.79 Å². The Labute approximate surface area is 137 Å². The van der Waals surface area contributed by atoms with Gasteiger partial charge in [0.05, 0.1) is 7.11 Å². The maximum absolute atomic E-state index is 12.6. The fourth-order valence-corrected chi connectivity index (χ4v) is 2.22. The van der Waals surface area contributed by atoms with Crippen LogP contribution in [0.5, 0.6) is 11.5 Å². The lowest BCUT2D eigenvalue weighted by atomic mass is 10.1. The molecule has 4 heteroatoms. The first kappa shape index (κ1) is 16.6. The van der Waals surface area contributed by atoms with Gasteiger partial charge < -0.3 is 14.4 Å². The van der Waals surface area contributed by atoms with E-state index in [1.165, 1.54) is 0 Å². The van der Waals surface area contributed by atoms with Crippen LogP contribution in [0.1, 0.15) is 15.9 Å². The number of carbonyl (C=O) groups is 1. The summed E-state index contributed by atoms with van der Waals surface area (Å²) >= 11 is 0. The minimum atomic E-state index is -0.0672. The van der Waals surface area contributed by atoms with Crippen molar-refractivity contribution in [3.8, 4) is 11.5 Å². The molecule has 2 aromatic rings. The number of methoxy groups -OCH3 is 1. The zero-order chi connectivity index (χ0) is 16.7. The van der Waals surface area contributed by atoms with E-state index < -0.39 is 0 Å². The summed E-state index contributed by atoms with van der Waals surface area (Å²) in [6.07, 6.45) is 1.66. The lowest BCUT2D eigenvalue weighted by Gasteiger charge is -2.18. The van der Waals surface area contributed by atoms with Gasteiger partial charge in [0.1, 0.15) is 6.61 Å². The molecule has 0 bridgehead atoms. The zero-order valence-corrected chi connectivity index (χ0v) is 13.5. The zero-order valence-electron chi connectivity index (χ0n) is 13.5. The Hall–Kier alpha value is -2.75. The van der Waals surface area contributed by atoms with Crippen LogP contribution in [0.4, 0.5) is 0 Å². The predicted molar refractivity (Wildman–Crippen MR) is 90.9 cm³/mol. The molecule has 23 heavy (non-hydrogen) atoms. The third-order valence-electron chi connectivity index (χ3n) is 3.38. The van der Waals surface area contributed by atoms with Crippen molar-refractivity contribution < 1.29 is 14.3 Å². The molecule has 0 aromatic heterocycles. The molecule has 0 aliphatic carbocycles. The Bertz CT molecular complexity index is 668. The Balaban J connectivity index is 2.13. The molecule has 0 radical (unpaired) electrons. The van der Waals surface area contributed by atoms with Crippen molar-refractivity contribution in [2.75, 3.05) is 20.8 Å². The van der Waals surface area contributed by atoms with Gasteiger partial charge in [-0.2, -0.15) is 0 Å². The number of amides is 1. The molecule has 0 atom stereocenters. The van der Waals surface area contributed by atoms with E-state index in [0.717, 1.165) is 5.56 Å². The highest BCUT2D eigenvalue weighted by Gasteiger charge is 2.15. The van der Waals surface area contributed by atoms with Crippen LogP contribution in [0.15, 0.2) is 61.2 Å². The van der Waals surface area contributed by atoms with Crippen LogP contribution in [0, 0.1) is 0 Å². The van der Waals surface area contributed by atoms with Crippen molar-refractivity contribution >= 4 is 5.91 Å². The maximum Gasteiger partial charge on any atom is 0.254 e. The first-order valence-electron chi connectivity index (χ1n) is 7.37. The monoisotopic (exact) mass is 311 g/mol. The predicted octanol–water partition coefficient (Wildman–Crippen LogP) is 3.53. The van der Waals surface area contributed by atoms with Crippen LogP contribution in [-0.2, 0) is 6.54 Å². The number of hydrogen-bond acceptors (Lipinski definition) is 3. The molecule has 0 spiro atoms. The highest BCUT2D eigenvalue weighted by atomic mass is 16.5. The van der Waals surface area contributed by atoms with Crippen LogP contribution >= 0.6 is 0 Å². The standard InChI is InChI=1S/C19H21NO3/c1-4-12-23-17-11-10-16(13-18(17)22-3)19(21)20(2)14-15-8-6-5-7-9-15/h4-11,13H,1,12,14H2,2-3H3. The van der Waals surface area contributed by atoms with Crippen molar-refractivity contribution in [1.82, 2.24) is 4.90 Å². The third kappa shape index (κ3) is 4.36. The van der Waals surface area contributed by atoms with E-state index in [1.54, 1.807) is 43.3 Å². The Morgan fingerprint density at radius 2 is 1.91 bits per heavy atom. The molecular formula is C19H21NO3. The van der Waals surface area contributed by atoms with Crippen LogP contribution in [0.2, 0.25) is 0 Å². The number of nitrogens with zero attached hydrogens (tertiary/aromatic N) is 1. The minimum Gasteiger partial charge on any atom is -0.493 e. The van der Waals surface area contributed by atoms with Crippen molar-refractivity contribution in [2.24, 2.45) is 0 Å². The van der Waals surface area contributed by atoms with Gasteiger partial charge in [-0.3, -0.25) is 4.79 Å². The Morgan fingerprint density at radius 1 is 1.17 bits per heavy atom. The van der Waals surface area contributed by atoms with Crippen LogP contribution in [0.25, 0.3) is 0 Å². The highest BCUT2D eigenvalue weighted by Crippen LogP contribution is 2.28. The summed E-state index contributed by atoms with van der Waals surface area (Å²) in [4.78, 5) is 14.2. The van der Waals surface area contributed by atoms with Gasteiger partial charge in [-0.25, -0.2) is 0 Å². The summed E-state index contributed by atoms with van der Waals surface area (Å²) in [7, 11) is 3.34. The van der Waals surface area contributed by atoms with E-state index in [4.69, 9.17) is 9.47 Å². The van der Waals surface area contributed by atoms with Gasteiger partial charge in [0.2, 0.25) is 0 Å². The molecule has 0 aliphatic heterocycles. The van der Waals surface area contributed by atoms with Gasteiger partial charge >= 0.3 is 0 Å². The Morgan fingerprint density at radius 3 is 2.57 bits per heavy atom. The van der Waals surface area contributed by atoms with Gasteiger partial charge in [0.15, 0.2) is 11.5 Å². The largest absolute Gasteiger partial charge is 0.493 e. The summed E-state index contributed by atoms with van der Waals surface area (Å²) in [6, 6.07) is 15.1. The van der Waals surface area contributed by atoms with Crippen LogP contribution in [0.3, 0.4) is 0 Å². The highest BCUT2D eigenvalue weighted by molar-refractivity contribution is 5.94. The lowest BCUT2D eigenvalue weighted by Crippen LogP contribution is -2.26. The molecule has 2 aromatic carbocycles. The number of rotatable bonds is 7. The van der Waals surface area contributed by atoms with Crippen molar-refractivity contribution in [3.05, 3.63) is 72.3 Å². The van der Waals surface area contributed by atoms with Gasteiger partial charge in [0.25, 0.3) is 5.91 Å². The molecule has 0 fully saturated rings. The van der Waals surface area contributed by atoms with Crippen LogP contribution < -0.4 is 9.47 Å². The average Bonchev–Trinajstić information content (AvgIpc) is 2.60. The first-order valence-corrected chi connectivity index (χ1v) is 7.37. The number of ether oxygens (including phenoxy) is 2. The number of hydrogen-bond donors (Lipinski definition) is 0. The average molecular weight is 311 g/mol. The molecule has 1 amide bonds. The number of carbonyl (C=O) groups excluding carboxylic acids is 1. The second-order valence-corrected chi connectivity index (χ2v) is 5.11. The molecule has 2 rings (SSSR count). The summed E-state index contributed by atoms with van der Waals surface area (Å²) in [5, 5.41) is 0. The normalized spacial score (nSPS) is 10.0. The molecule has 0 saturated heterocycles.